The summed E-state index contributed by atoms with van der Waals surface area (Å²) < 4.78 is 52.0. The Morgan fingerprint density at radius 2 is 1.84 bits per heavy atom. The summed E-state index contributed by atoms with van der Waals surface area (Å²) >= 11 is 0. The van der Waals surface area contributed by atoms with Gasteiger partial charge >= 0.3 is 6.18 Å². The van der Waals surface area contributed by atoms with Gasteiger partial charge in [-0.15, -0.1) is 0 Å². The fourth-order valence-electron chi connectivity index (χ4n) is 2.01. The van der Waals surface area contributed by atoms with Gasteiger partial charge in [0.05, 0.1) is 5.56 Å². The first-order valence-electron chi connectivity index (χ1n) is 6.50. The SMILES string of the molecule is CCCNC(CCC)c1cccc(C(F)(F)F)c1F. The minimum atomic E-state index is -4.65. The minimum Gasteiger partial charge on any atom is -0.310 e. The molecule has 0 bridgehead atoms. The van der Waals surface area contributed by atoms with Crippen LogP contribution in [0.15, 0.2) is 18.2 Å². The first-order valence-corrected chi connectivity index (χ1v) is 6.50. The van der Waals surface area contributed by atoms with Gasteiger partial charge in [0, 0.05) is 11.6 Å². The highest BCUT2D eigenvalue weighted by molar-refractivity contribution is 5.30. The largest absolute Gasteiger partial charge is 0.419 e. The molecule has 0 aromatic heterocycles. The lowest BCUT2D eigenvalue weighted by Gasteiger charge is -2.20. The van der Waals surface area contributed by atoms with Crippen LogP contribution < -0.4 is 5.32 Å². The van der Waals surface area contributed by atoms with E-state index in [1.807, 2.05) is 13.8 Å². The van der Waals surface area contributed by atoms with E-state index in [4.69, 9.17) is 0 Å². The van der Waals surface area contributed by atoms with Crippen LogP contribution in [0, 0.1) is 5.82 Å². The molecule has 0 amide bonds. The molecule has 0 fully saturated rings. The molecule has 1 atom stereocenters. The van der Waals surface area contributed by atoms with Crippen LogP contribution in [0.1, 0.15) is 50.3 Å². The zero-order valence-electron chi connectivity index (χ0n) is 11.1. The second-order valence-corrected chi connectivity index (χ2v) is 4.50. The van der Waals surface area contributed by atoms with Crippen LogP contribution >= 0.6 is 0 Å². The van der Waals surface area contributed by atoms with E-state index < -0.39 is 17.6 Å². The fraction of sp³-hybridized carbons (Fsp3) is 0.571. The van der Waals surface area contributed by atoms with Crippen LogP contribution in [0.5, 0.6) is 0 Å². The highest BCUT2D eigenvalue weighted by Gasteiger charge is 2.35. The molecule has 0 radical (unpaired) electrons. The van der Waals surface area contributed by atoms with Gasteiger partial charge < -0.3 is 5.32 Å². The average Bonchev–Trinajstić information content (AvgIpc) is 2.33. The van der Waals surface area contributed by atoms with Crippen molar-refractivity contribution in [1.29, 1.82) is 0 Å². The molecule has 0 aliphatic carbocycles. The molecular weight excluding hydrogens is 258 g/mol. The summed E-state index contributed by atoms with van der Waals surface area (Å²) in [4.78, 5) is 0. The molecule has 0 saturated carbocycles. The molecule has 1 nitrogen and oxygen atoms in total. The first-order chi connectivity index (χ1) is 8.91. The number of rotatable bonds is 6. The molecule has 0 spiro atoms. The normalized spacial score (nSPS) is 13.6. The Balaban J connectivity index is 3.09. The number of halogens is 4. The molecule has 0 aliphatic rings. The molecule has 1 rings (SSSR count). The highest BCUT2D eigenvalue weighted by atomic mass is 19.4. The summed E-state index contributed by atoms with van der Waals surface area (Å²) in [5, 5.41) is 3.10. The summed E-state index contributed by atoms with van der Waals surface area (Å²) in [6.45, 7) is 4.53. The van der Waals surface area contributed by atoms with Crippen molar-refractivity contribution in [2.45, 2.75) is 45.3 Å². The van der Waals surface area contributed by atoms with Crippen molar-refractivity contribution in [3.05, 3.63) is 35.1 Å². The van der Waals surface area contributed by atoms with Gasteiger partial charge in [0.2, 0.25) is 0 Å². The second-order valence-electron chi connectivity index (χ2n) is 4.50. The zero-order valence-corrected chi connectivity index (χ0v) is 11.1. The maximum absolute atomic E-state index is 14.0. The van der Waals surface area contributed by atoms with E-state index in [9.17, 15) is 17.6 Å². The molecule has 0 saturated heterocycles. The molecule has 5 heteroatoms. The van der Waals surface area contributed by atoms with Crippen molar-refractivity contribution in [2.75, 3.05) is 6.54 Å². The van der Waals surface area contributed by atoms with Gasteiger partial charge in [-0.3, -0.25) is 0 Å². The Morgan fingerprint density at radius 3 is 2.37 bits per heavy atom. The van der Waals surface area contributed by atoms with Gasteiger partial charge in [-0.05, 0) is 25.5 Å². The van der Waals surface area contributed by atoms with Gasteiger partial charge in [-0.1, -0.05) is 32.4 Å². The first kappa shape index (κ1) is 16.0. The number of benzene rings is 1. The number of nitrogens with one attached hydrogen (secondary N) is 1. The van der Waals surface area contributed by atoms with E-state index in [1.165, 1.54) is 12.1 Å². The van der Waals surface area contributed by atoms with Crippen LogP contribution in [-0.4, -0.2) is 6.54 Å². The molecule has 1 aromatic carbocycles. The predicted octanol–water partition coefficient (Wildman–Crippen LogP) is 4.69. The van der Waals surface area contributed by atoms with Crippen LogP contribution in [0.3, 0.4) is 0 Å². The molecule has 19 heavy (non-hydrogen) atoms. The lowest BCUT2D eigenvalue weighted by atomic mass is 9.99. The summed E-state index contributed by atoms with van der Waals surface area (Å²) in [6, 6.07) is 3.10. The molecule has 0 heterocycles. The third-order valence-electron chi connectivity index (χ3n) is 2.93. The maximum Gasteiger partial charge on any atom is 0.419 e. The third-order valence-corrected chi connectivity index (χ3v) is 2.93. The van der Waals surface area contributed by atoms with Gasteiger partial charge in [-0.25, -0.2) is 4.39 Å². The summed E-state index contributed by atoms with van der Waals surface area (Å²) in [5.74, 6) is -1.16. The molecule has 1 unspecified atom stereocenters. The zero-order chi connectivity index (χ0) is 14.5. The standard InChI is InChI=1S/C14H19F4N/c1-3-6-12(19-9-4-2)10-7-5-8-11(13(10)15)14(16,17)18/h5,7-8,12,19H,3-4,6,9H2,1-2H3. The van der Waals surface area contributed by atoms with Crippen molar-refractivity contribution in [2.24, 2.45) is 0 Å². The smallest absolute Gasteiger partial charge is 0.310 e. The molecule has 1 N–H and O–H groups in total. The van der Waals surface area contributed by atoms with Gasteiger partial charge in [0.25, 0.3) is 0 Å². The molecule has 0 aliphatic heterocycles. The topological polar surface area (TPSA) is 12.0 Å². The van der Waals surface area contributed by atoms with Gasteiger partial charge in [0.15, 0.2) is 0 Å². The van der Waals surface area contributed by atoms with Crippen molar-refractivity contribution in [3.63, 3.8) is 0 Å². The second kappa shape index (κ2) is 6.89. The number of hydrogen-bond acceptors (Lipinski definition) is 1. The fourth-order valence-corrected chi connectivity index (χ4v) is 2.01. The Morgan fingerprint density at radius 1 is 1.16 bits per heavy atom. The number of hydrogen-bond donors (Lipinski definition) is 1. The lowest BCUT2D eigenvalue weighted by molar-refractivity contribution is -0.140. The molecule has 1 aromatic rings. The highest BCUT2D eigenvalue weighted by Crippen LogP contribution is 2.34. The van der Waals surface area contributed by atoms with E-state index in [0.717, 1.165) is 18.9 Å². The average molecular weight is 277 g/mol. The predicted molar refractivity (Wildman–Crippen MR) is 67.3 cm³/mol. The van der Waals surface area contributed by atoms with Crippen LogP contribution in [0.4, 0.5) is 17.6 Å². The quantitative estimate of drug-likeness (QED) is 0.744. The third kappa shape index (κ3) is 4.20. The molecular formula is C14H19F4N. The van der Waals surface area contributed by atoms with E-state index >= 15 is 0 Å². The number of alkyl halides is 3. The Kier molecular flexibility index (Phi) is 5.79. The Bertz CT molecular complexity index is 401. The van der Waals surface area contributed by atoms with Crippen molar-refractivity contribution in [3.8, 4) is 0 Å². The van der Waals surface area contributed by atoms with Gasteiger partial charge in [0.1, 0.15) is 5.82 Å². The monoisotopic (exact) mass is 277 g/mol. The summed E-state index contributed by atoms with van der Waals surface area (Å²) in [6.07, 6.45) is -2.42. The Labute approximate surface area is 111 Å². The van der Waals surface area contributed by atoms with Crippen LogP contribution in [0.25, 0.3) is 0 Å². The van der Waals surface area contributed by atoms with Crippen molar-refractivity contribution >= 4 is 0 Å². The van der Waals surface area contributed by atoms with E-state index in [2.05, 4.69) is 5.32 Å². The van der Waals surface area contributed by atoms with Crippen LogP contribution in [0.2, 0.25) is 0 Å². The maximum atomic E-state index is 14.0. The van der Waals surface area contributed by atoms with E-state index in [0.29, 0.717) is 13.0 Å². The summed E-state index contributed by atoms with van der Waals surface area (Å²) in [5.41, 5.74) is -1.09. The van der Waals surface area contributed by atoms with Crippen molar-refractivity contribution in [1.82, 2.24) is 5.32 Å². The van der Waals surface area contributed by atoms with Crippen molar-refractivity contribution < 1.29 is 17.6 Å². The lowest BCUT2D eigenvalue weighted by Crippen LogP contribution is -2.24. The van der Waals surface area contributed by atoms with Crippen LogP contribution in [-0.2, 0) is 6.18 Å². The Hall–Kier alpha value is -1.10. The minimum absolute atomic E-state index is 0.102. The van der Waals surface area contributed by atoms with E-state index in [-0.39, 0.29) is 11.6 Å². The van der Waals surface area contributed by atoms with E-state index in [1.54, 1.807) is 0 Å². The van der Waals surface area contributed by atoms with Gasteiger partial charge in [-0.2, -0.15) is 13.2 Å². The summed E-state index contributed by atoms with van der Waals surface area (Å²) in [7, 11) is 0. The molecule has 108 valence electrons.